The summed E-state index contributed by atoms with van der Waals surface area (Å²) in [5.74, 6) is -2.12. The highest BCUT2D eigenvalue weighted by atomic mass is 16.5. The van der Waals surface area contributed by atoms with E-state index in [2.05, 4.69) is 6.92 Å². The third-order valence-corrected chi connectivity index (χ3v) is 5.76. The Bertz CT molecular complexity index is 418. The summed E-state index contributed by atoms with van der Waals surface area (Å²) < 4.78 is 5.65. The van der Waals surface area contributed by atoms with E-state index in [1.807, 2.05) is 0 Å². The monoisotopic (exact) mass is 356 g/mol. The van der Waals surface area contributed by atoms with Crippen molar-refractivity contribution in [1.29, 1.82) is 0 Å². The van der Waals surface area contributed by atoms with Crippen LogP contribution in [-0.4, -0.2) is 34.4 Å². The molecule has 146 valence electrons. The van der Waals surface area contributed by atoms with Gasteiger partial charge in [0.05, 0.1) is 0 Å². The maximum absolute atomic E-state index is 12.2. The van der Waals surface area contributed by atoms with Gasteiger partial charge in [-0.05, 0) is 32.6 Å². The Morgan fingerprint density at radius 2 is 1.40 bits per heavy atom. The molecule has 2 atom stereocenters. The molecule has 2 N–H and O–H groups in total. The van der Waals surface area contributed by atoms with E-state index >= 15 is 0 Å². The topological polar surface area (TPSA) is 83.8 Å². The van der Waals surface area contributed by atoms with Crippen molar-refractivity contribution < 1.29 is 24.5 Å². The maximum Gasteiger partial charge on any atom is 0.337 e. The summed E-state index contributed by atoms with van der Waals surface area (Å²) in [5, 5.41) is 19.8. The molecule has 0 aliphatic heterocycles. The number of carboxylic acids is 2. The molecule has 0 amide bonds. The Morgan fingerprint density at radius 3 is 1.92 bits per heavy atom. The molecule has 0 radical (unpaired) electrons. The third kappa shape index (κ3) is 5.19. The minimum absolute atomic E-state index is 0.221. The Kier molecular flexibility index (Phi) is 9.47. The molecule has 0 spiro atoms. The van der Waals surface area contributed by atoms with Gasteiger partial charge in [-0.1, -0.05) is 64.7 Å². The second-order valence-electron chi connectivity index (χ2n) is 7.38. The van der Waals surface area contributed by atoms with Crippen molar-refractivity contribution in [3.05, 3.63) is 0 Å². The van der Waals surface area contributed by atoms with Gasteiger partial charge in [0.25, 0.3) is 0 Å². The number of carbonyl (C=O) groups is 2. The molecular weight excluding hydrogens is 320 g/mol. The smallest absolute Gasteiger partial charge is 0.337 e. The van der Waals surface area contributed by atoms with Gasteiger partial charge in [-0.2, -0.15) is 0 Å². The van der Waals surface area contributed by atoms with Crippen LogP contribution >= 0.6 is 0 Å². The first-order valence-electron chi connectivity index (χ1n) is 10.1. The second kappa shape index (κ2) is 10.8. The molecule has 0 bridgehead atoms. The second-order valence-corrected chi connectivity index (χ2v) is 7.38. The molecule has 5 heteroatoms. The van der Waals surface area contributed by atoms with Gasteiger partial charge in [-0.25, -0.2) is 4.79 Å². The molecule has 0 aromatic carbocycles. The first-order valence-corrected chi connectivity index (χ1v) is 10.1. The molecule has 1 fully saturated rings. The molecule has 1 rings (SSSR count). The zero-order valence-electron chi connectivity index (χ0n) is 16.0. The lowest BCUT2D eigenvalue weighted by atomic mass is 9.60. The third-order valence-electron chi connectivity index (χ3n) is 5.76. The molecule has 0 heterocycles. The average molecular weight is 357 g/mol. The van der Waals surface area contributed by atoms with Crippen LogP contribution in [0.1, 0.15) is 97.3 Å². The number of unbranched alkanes of at least 4 members (excludes halogenated alkanes) is 7. The van der Waals surface area contributed by atoms with Crippen molar-refractivity contribution in [2.24, 2.45) is 5.41 Å². The Labute approximate surface area is 152 Å². The van der Waals surface area contributed by atoms with E-state index in [1.165, 1.54) is 32.1 Å². The van der Waals surface area contributed by atoms with E-state index < -0.39 is 23.0 Å². The van der Waals surface area contributed by atoms with Crippen LogP contribution < -0.4 is 0 Å². The summed E-state index contributed by atoms with van der Waals surface area (Å²) in [6.45, 7) is 4.16. The van der Waals surface area contributed by atoms with Gasteiger partial charge in [0.15, 0.2) is 5.60 Å². The van der Waals surface area contributed by atoms with Crippen LogP contribution in [0.2, 0.25) is 0 Å². The Morgan fingerprint density at radius 1 is 0.840 bits per heavy atom. The van der Waals surface area contributed by atoms with Gasteiger partial charge in [0.2, 0.25) is 0 Å². The Balaban J connectivity index is 2.70. The number of ether oxygens (including phenoxy) is 1. The van der Waals surface area contributed by atoms with Crippen LogP contribution in [0.3, 0.4) is 0 Å². The molecule has 5 nitrogen and oxygen atoms in total. The molecule has 1 aliphatic carbocycles. The molecule has 0 aromatic rings. The predicted octanol–water partition coefficient (Wildman–Crippen LogP) is 5.02. The van der Waals surface area contributed by atoms with Crippen molar-refractivity contribution in [3.8, 4) is 0 Å². The molecule has 0 aromatic heterocycles. The van der Waals surface area contributed by atoms with E-state index in [0.717, 1.165) is 25.7 Å². The van der Waals surface area contributed by atoms with Gasteiger partial charge in [-0.15, -0.1) is 0 Å². The Hall–Kier alpha value is -1.10. The number of carboxylic acid groups (broad SMARTS) is 2. The number of hydrogen-bond donors (Lipinski definition) is 2. The molecule has 0 saturated heterocycles. The van der Waals surface area contributed by atoms with Crippen molar-refractivity contribution in [3.63, 3.8) is 0 Å². The quantitative estimate of drug-likeness (QED) is 0.453. The standard InChI is InChI=1S/C20H36O5/c1-3-5-6-7-8-9-10-11-14-19(17(21)22)15-12-13-16-20(19,18(23)24)25-4-2/h3-16H2,1-2H3,(H,21,22)(H,23,24). The van der Waals surface area contributed by atoms with Gasteiger partial charge in [-0.3, -0.25) is 4.79 Å². The van der Waals surface area contributed by atoms with E-state index in [0.29, 0.717) is 25.7 Å². The van der Waals surface area contributed by atoms with E-state index in [9.17, 15) is 19.8 Å². The summed E-state index contributed by atoms with van der Waals surface area (Å²) >= 11 is 0. The summed E-state index contributed by atoms with van der Waals surface area (Å²) in [4.78, 5) is 24.2. The van der Waals surface area contributed by atoms with E-state index in [4.69, 9.17) is 4.74 Å². The fourth-order valence-corrected chi connectivity index (χ4v) is 4.35. The molecule has 25 heavy (non-hydrogen) atoms. The first kappa shape index (κ1) is 21.9. The SMILES string of the molecule is CCCCCCCCCCC1(C(=O)O)CCCCC1(OCC)C(=O)O. The number of hydrogen-bond acceptors (Lipinski definition) is 3. The van der Waals surface area contributed by atoms with Crippen LogP contribution in [0, 0.1) is 5.41 Å². The van der Waals surface area contributed by atoms with Gasteiger partial charge >= 0.3 is 11.9 Å². The van der Waals surface area contributed by atoms with Gasteiger partial charge in [0, 0.05) is 6.61 Å². The number of aliphatic carboxylic acids is 2. The van der Waals surface area contributed by atoms with Crippen LogP contribution in [0.4, 0.5) is 0 Å². The summed E-state index contributed by atoms with van der Waals surface area (Å²) in [5.41, 5.74) is -2.87. The van der Waals surface area contributed by atoms with Crippen LogP contribution in [-0.2, 0) is 14.3 Å². The van der Waals surface area contributed by atoms with E-state index in [-0.39, 0.29) is 6.61 Å². The molecule has 2 unspecified atom stereocenters. The predicted molar refractivity (Wildman–Crippen MR) is 97.8 cm³/mol. The summed E-state index contributed by atoms with van der Waals surface area (Å²) in [7, 11) is 0. The number of rotatable bonds is 13. The van der Waals surface area contributed by atoms with Crippen molar-refractivity contribution in [2.75, 3.05) is 6.61 Å². The maximum atomic E-state index is 12.2. The highest BCUT2D eigenvalue weighted by molar-refractivity contribution is 5.89. The fraction of sp³-hybridized carbons (Fsp3) is 0.900. The zero-order valence-corrected chi connectivity index (χ0v) is 16.0. The first-order chi connectivity index (χ1) is 12.0. The fourth-order valence-electron chi connectivity index (χ4n) is 4.35. The zero-order chi connectivity index (χ0) is 18.8. The largest absolute Gasteiger partial charge is 0.481 e. The summed E-state index contributed by atoms with van der Waals surface area (Å²) in [6.07, 6.45) is 11.5. The minimum Gasteiger partial charge on any atom is -0.481 e. The van der Waals surface area contributed by atoms with Gasteiger partial charge < -0.3 is 14.9 Å². The lowest BCUT2D eigenvalue weighted by molar-refractivity contribution is -0.209. The van der Waals surface area contributed by atoms with Crippen molar-refractivity contribution >= 4 is 11.9 Å². The molecule has 1 saturated carbocycles. The van der Waals surface area contributed by atoms with Crippen LogP contribution in [0.25, 0.3) is 0 Å². The highest BCUT2D eigenvalue weighted by Crippen LogP contribution is 2.50. The molecule has 1 aliphatic rings. The summed E-state index contributed by atoms with van der Waals surface area (Å²) in [6, 6.07) is 0. The lowest BCUT2D eigenvalue weighted by Crippen LogP contribution is -2.61. The molecular formula is C20H36O5. The lowest BCUT2D eigenvalue weighted by Gasteiger charge is -2.47. The van der Waals surface area contributed by atoms with Gasteiger partial charge in [0.1, 0.15) is 5.41 Å². The normalized spacial score (nSPS) is 26.5. The minimum atomic E-state index is -1.58. The van der Waals surface area contributed by atoms with Crippen molar-refractivity contribution in [2.45, 2.75) is 103 Å². The average Bonchev–Trinajstić information content (AvgIpc) is 2.58. The van der Waals surface area contributed by atoms with Crippen LogP contribution in [0.15, 0.2) is 0 Å². The van der Waals surface area contributed by atoms with E-state index in [1.54, 1.807) is 6.92 Å². The highest BCUT2D eigenvalue weighted by Gasteiger charge is 2.63. The van der Waals surface area contributed by atoms with Crippen molar-refractivity contribution in [1.82, 2.24) is 0 Å². The van der Waals surface area contributed by atoms with Crippen LogP contribution in [0.5, 0.6) is 0 Å².